The molecule has 1 aromatic rings. The van der Waals surface area contributed by atoms with Crippen LogP contribution in [-0.4, -0.2) is 0 Å². The quantitative estimate of drug-likeness (QED) is 0.888. The number of nitrogens with two attached hydrogens (primary N) is 1. The molecule has 2 N–H and O–H groups in total. The van der Waals surface area contributed by atoms with Crippen molar-refractivity contribution in [2.24, 2.45) is 28.9 Å². The van der Waals surface area contributed by atoms with Gasteiger partial charge in [-0.25, -0.2) is 0 Å². The van der Waals surface area contributed by atoms with Gasteiger partial charge in [0.05, 0.1) is 0 Å². The Morgan fingerprint density at radius 2 is 1.75 bits per heavy atom. The van der Waals surface area contributed by atoms with E-state index >= 15 is 0 Å². The van der Waals surface area contributed by atoms with E-state index < -0.39 is 0 Å². The predicted molar refractivity (Wildman–Crippen MR) is 80.4 cm³/mol. The van der Waals surface area contributed by atoms with E-state index in [0.29, 0.717) is 5.41 Å². The minimum Gasteiger partial charge on any atom is -0.466 e. The van der Waals surface area contributed by atoms with E-state index in [0.717, 1.165) is 35.7 Å². The highest BCUT2D eigenvalue weighted by atomic mass is 16.3. The molecular formula is C18H27NO. The van der Waals surface area contributed by atoms with Gasteiger partial charge in [0.25, 0.3) is 0 Å². The average Bonchev–Trinajstić information content (AvgIpc) is 2.77. The van der Waals surface area contributed by atoms with E-state index in [1.165, 1.54) is 44.1 Å². The molecule has 0 radical (unpaired) electrons. The summed E-state index contributed by atoms with van der Waals surface area (Å²) in [5.41, 5.74) is 8.52. The molecule has 4 aliphatic rings. The molecule has 0 aliphatic heterocycles. The van der Waals surface area contributed by atoms with E-state index in [4.69, 9.17) is 10.2 Å². The zero-order chi connectivity index (χ0) is 13.9. The van der Waals surface area contributed by atoms with Crippen molar-refractivity contribution in [2.75, 3.05) is 0 Å². The minimum absolute atomic E-state index is 0.197. The molecule has 4 saturated carbocycles. The maximum Gasteiger partial charge on any atom is 0.108 e. The van der Waals surface area contributed by atoms with Gasteiger partial charge in [0.1, 0.15) is 11.5 Å². The molecule has 4 bridgehead atoms. The fourth-order valence-corrected chi connectivity index (χ4v) is 6.01. The normalized spacial score (nSPS) is 40.2. The van der Waals surface area contributed by atoms with Crippen molar-refractivity contribution in [2.45, 2.75) is 64.8 Å². The molecule has 1 atom stereocenters. The van der Waals surface area contributed by atoms with Gasteiger partial charge in [-0.2, -0.15) is 0 Å². The maximum atomic E-state index is 6.82. The molecule has 0 saturated heterocycles. The molecule has 5 rings (SSSR count). The molecule has 1 aromatic heterocycles. The summed E-state index contributed by atoms with van der Waals surface area (Å²) in [5.74, 6) is 5.05. The van der Waals surface area contributed by atoms with Gasteiger partial charge in [-0.15, -0.1) is 0 Å². The van der Waals surface area contributed by atoms with Crippen LogP contribution in [0.1, 0.15) is 68.6 Å². The van der Waals surface area contributed by atoms with Gasteiger partial charge in [-0.3, -0.25) is 0 Å². The molecule has 2 heteroatoms. The van der Waals surface area contributed by atoms with Gasteiger partial charge in [-0.05, 0) is 74.7 Å². The first-order valence-corrected chi connectivity index (χ1v) is 8.44. The third kappa shape index (κ3) is 1.80. The van der Waals surface area contributed by atoms with Gasteiger partial charge >= 0.3 is 0 Å². The summed E-state index contributed by atoms with van der Waals surface area (Å²) in [4.78, 5) is 0. The van der Waals surface area contributed by atoms with Crippen LogP contribution in [0.5, 0.6) is 0 Å². The van der Waals surface area contributed by atoms with Gasteiger partial charge in [0, 0.05) is 18.0 Å². The van der Waals surface area contributed by atoms with Crippen LogP contribution in [0, 0.1) is 30.1 Å². The van der Waals surface area contributed by atoms with Crippen molar-refractivity contribution in [3.05, 3.63) is 23.2 Å². The average molecular weight is 273 g/mol. The first-order chi connectivity index (χ1) is 9.59. The number of hydrogen-bond donors (Lipinski definition) is 1. The second kappa shape index (κ2) is 4.37. The molecule has 1 unspecified atom stereocenters. The van der Waals surface area contributed by atoms with Crippen LogP contribution in [0.2, 0.25) is 0 Å². The number of hydrogen-bond acceptors (Lipinski definition) is 2. The number of aryl methyl sites for hydroxylation is 2. The molecular weight excluding hydrogens is 246 g/mol. The Labute approximate surface area is 122 Å². The topological polar surface area (TPSA) is 39.2 Å². The van der Waals surface area contributed by atoms with Crippen molar-refractivity contribution in [3.8, 4) is 0 Å². The second-order valence-corrected chi connectivity index (χ2v) is 7.85. The van der Waals surface area contributed by atoms with E-state index in [-0.39, 0.29) is 6.04 Å². The largest absolute Gasteiger partial charge is 0.466 e. The molecule has 0 spiro atoms. The van der Waals surface area contributed by atoms with Gasteiger partial charge < -0.3 is 10.2 Å². The lowest BCUT2D eigenvalue weighted by molar-refractivity contribution is -0.0680. The molecule has 110 valence electrons. The van der Waals surface area contributed by atoms with E-state index in [2.05, 4.69) is 19.9 Å². The second-order valence-electron chi connectivity index (χ2n) is 7.85. The van der Waals surface area contributed by atoms with Gasteiger partial charge in [0.2, 0.25) is 0 Å². The molecule has 1 heterocycles. The Hall–Kier alpha value is -0.760. The zero-order valence-electron chi connectivity index (χ0n) is 12.8. The monoisotopic (exact) mass is 273 g/mol. The van der Waals surface area contributed by atoms with Crippen molar-refractivity contribution in [1.82, 2.24) is 0 Å². The molecule has 2 nitrogen and oxygen atoms in total. The van der Waals surface area contributed by atoms with Crippen molar-refractivity contribution in [1.29, 1.82) is 0 Å². The Morgan fingerprint density at radius 3 is 2.25 bits per heavy atom. The summed E-state index contributed by atoms with van der Waals surface area (Å²) in [7, 11) is 0. The summed E-state index contributed by atoms with van der Waals surface area (Å²) in [5, 5.41) is 0. The van der Waals surface area contributed by atoms with E-state index in [1.807, 2.05) is 0 Å². The Kier molecular flexibility index (Phi) is 2.82. The maximum absolute atomic E-state index is 6.82. The zero-order valence-corrected chi connectivity index (χ0v) is 12.8. The molecule has 0 amide bonds. The fourth-order valence-electron chi connectivity index (χ4n) is 6.01. The highest BCUT2D eigenvalue weighted by Crippen LogP contribution is 2.63. The Morgan fingerprint density at radius 1 is 1.20 bits per heavy atom. The van der Waals surface area contributed by atoms with E-state index in [9.17, 15) is 0 Å². The first kappa shape index (κ1) is 12.9. The highest BCUT2D eigenvalue weighted by Gasteiger charge is 2.54. The molecule has 4 fully saturated rings. The van der Waals surface area contributed by atoms with E-state index in [1.54, 1.807) is 0 Å². The van der Waals surface area contributed by atoms with Gasteiger partial charge in [0.15, 0.2) is 0 Å². The smallest absolute Gasteiger partial charge is 0.108 e. The summed E-state index contributed by atoms with van der Waals surface area (Å²) in [6, 6.07) is 2.41. The summed E-state index contributed by atoms with van der Waals surface area (Å²) < 4.78 is 5.87. The fraction of sp³-hybridized carbons (Fsp3) is 0.778. The lowest BCUT2D eigenvalue weighted by atomic mass is 9.47. The summed E-state index contributed by atoms with van der Waals surface area (Å²) in [6.45, 7) is 4.23. The lowest BCUT2D eigenvalue weighted by Crippen LogP contribution is -2.50. The minimum atomic E-state index is 0.197. The molecule has 4 aliphatic carbocycles. The highest BCUT2D eigenvalue weighted by molar-refractivity contribution is 5.28. The van der Waals surface area contributed by atoms with Crippen molar-refractivity contribution in [3.63, 3.8) is 0 Å². The van der Waals surface area contributed by atoms with Crippen LogP contribution in [0.3, 0.4) is 0 Å². The standard InChI is InChI=1S/C18H27NO/c1-3-16-15(4-11(2)20-16)17(19)18-8-12-5-13(9-18)7-14(6-12)10-18/h4,12-14,17H,3,5-10,19H2,1-2H3. The Balaban J connectivity index is 1.69. The van der Waals surface area contributed by atoms with Crippen LogP contribution in [0.4, 0.5) is 0 Å². The van der Waals surface area contributed by atoms with Crippen molar-refractivity contribution < 1.29 is 4.42 Å². The predicted octanol–water partition coefficient (Wildman–Crippen LogP) is 4.37. The Bertz CT molecular complexity index is 480. The SMILES string of the molecule is CCc1oc(C)cc1C(N)C12CC3CC(CC(C3)C1)C2. The first-order valence-electron chi connectivity index (χ1n) is 8.44. The van der Waals surface area contributed by atoms with Crippen LogP contribution < -0.4 is 5.73 Å². The van der Waals surface area contributed by atoms with Crippen LogP contribution in [0.25, 0.3) is 0 Å². The third-order valence-electron chi connectivity index (χ3n) is 6.37. The van der Waals surface area contributed by atoms with Crippen LogP contribution in [0.15, 0.2) is 10.5 Å². The lowest BCUT2D eigenvalue weighted by Gasteiger charge is -2.58. The number of rotatable bonds is 3. The van der Waals surface area contributed by atoms with Crippen LogP contribution in [-0.2, 0) is 6.42 Å². The third-order valence-corrected chi connectivity index (χ3v) is 6.37. The summed E-state index contributed by atoms with van der Waals surface area (Å²) in [6.07, 6.45) is 9.52. The molecule has 0 aromatic carbocycles. The summed E-state index contributed by atoms with van der Waals surface area (Å²) >= 11 is 0. The van der Waals surface area contributed by atoms with Gasteiger partial charge in [-0.1, -0.05) is 6.92 Å². The van der Waals surface area contributed by atoms with Crippen LogP contribution >= 0.6 is 0 Å². The number of furan rings is 1. The molecule has 20 heavy (non-hydrogen) atoms. The van der Waals surface area contributed by atoms with Crippen molar-refractivity contribution >= 4 is 0 Å².